The second-order valence-electron chi connectivity index (χ2n) is 6.88. The first-order chi connectivity index (χ1) is 14.1. The largest absolute Gasteiger partial charge is 0.394 e. The van der Waals surface area contributed by atoms with Crippen LogP contribution >= 0.6 is 0 Å². The number of H-pyrrole nitrogens is 1. The summed E-state index contributed by atoms with van der Waals surface area (Å²) >= 11 is 0. The highest BCUT2D eigenvalue weighted by molar-refractivity contribution is 6.01. The first kappa shape index (κ1) is 19.4. The van der Waals surface area contributed by atoms with Gasteiger partial charge in [0.1, 0.15) is 18.2 Å². The van der Waals surface area contributed by atoms with Crippen molar-refractivity contribution in [2.75, 3.05) is 31.3 Å². The number of aromatic amines is 1. The molecule has 0 bridgehead atoms. The topological polar surface area (TPSA) is 91.3 Å². The van der Waals surface area contributed by atoms with Crippen molar-refractivity contribution in [3.63, 3.8) is 0 Å². The number of ketones is 1. The lowest BCUT2D eigenvalue weighted by molar-refractivity contribution is 0.0663. The molecule has 3 heterocycles. The highest BCUT2D eigenvalue weighted by atomic mass is 19.1. The first-order valence-corrected chi connectivity index (χ1v) is 9.36. The molecule has 1 aromatic carbocycles. The Morgan fingerprint density at radius 1 is 1.34 bits per heavy atom. The minimum Gasteiger partial charge on any atom is -0.394 e. The Morgan fingerprint density at radius 3 is 3.03 bits per heavy atom. The van der Waals surface area contributed by atoms with E-state index >= 15 is 0 Å². The number of aromatic nitrogens is 3. The van der Waals surface area contributed by atoms with Crippen molar-refractivity contribution in [1.29, 1.82) is 0 Å². The molecule has 0 unspecified atom stereocenters. The molecular weight excluding hydrogens is 382 g/mol. The standard InChI is InChI=1S/C20H20F2N4O3/c21-13-3-4-16(22)14(9-13)17-2-1-5-26(17)20-15-8-12(10-23-19(15)24-25-20)18(28)11-29-7-6-27/h3-4,8-10,17,27H,1-2,5-7,11H2,(H,23,24,25)/t17-/m1/s1. The lowest BCUT2D eigenvalue weighted by Gasteiger charge is -2.25. The molecule has 4 rings (SSSR count). The normalized spacial score (nSPS) is 16.7. The van der Waals surface area contributed by atoms with Gasteiger partial charge in [-0.1, -0.05) is 0 Å². The average Bonchev–Trinajstić information content (AvgIpc) is 3.35. The lowest BCUT2D eigenvalue weighted by Crippen LogP contribution is -2.24. The van der Waals surface area contributed by atoms with Gasteiger partial charge in [0.05, 0.1) is 24.6 Å². The highest BCUT2D eigenvalue weighted by Gasteiger charge is 2.31. The molecule has 29 heavy (non-hydrogen) atoms. The minimum atomic E-state index is -0.488. The number of aliphatic hydroxyl groups is 1. The predicted octanol–water partition coefficient (Wildman–Crippen LogP) is 2.77. The molecular formula is C20H20F2N4O3. The van der Waals surface area contributed by atoms with E-state index in [0.29, 0.717) is 35.4 Å². The van der Waals surface area contributed by atoms with E-state index in [1.807, 2.05) is 4.90 Å². The van der Waals surface area contributed by atoms with Crippen molar-refractivity contribution in [3.8, 4) is 0 Å². The van der Waals surface area contributed by atoms with Gasteiger partial charge in [0.2, 0.25) is 0 Å². The average molecular weight is 402 g/mol. The van der Waals surface area contributed by atoms with Gasteiger partial charge in [-0.3, -0.25) is 9.89 Å². The summed E-state index contributed by atoms with van der Waals surface area (Å²) in [6, 6.07) is 4.77. The van der Waals surface area contributed by atoms with Crippen molar-refractivity contribution >= 4 is 22.6 Å². The molecule has 1 aliphatic rings. The molecule has 0 aliphatic carbocycles. The van der Waals surface area contributed by atoms with Crippen molar-refractivity contribution in [2.24, 2.45) is 0 Å². The number of hydrogen-bond donors (Lipinski definition) is 2. The number of halogens is 2. The van der Waals surface area contributed by atoms with Crippen molar-refractivity contribution in [2.45, 2.75) is 18.9 Å². The van der Waals surface area contributed by atoms with Crippen LogP contribution in [0.5, 0.6) is 0 Å². The fraction of sp³-hybridized carbons (Fsp3) is 0.350. The predicted molar refractivity (Wildman–Crippen MR) is 102 cm³/mol. The van der Waals surface area contributed by atoms with Crippen molar-refractivity contribution < 1.29 is 23.4 Å². The maximum absolute atomic E-state index is 14.4. The Kier molecular flexibility index (Phi) is 5.50. The van der Waals surface area contributed by atoms with E-state index in [2.05, 4.69) is 15.2 Å². The number of rotatable bonds is 7. The summed E-state index contributed by atoms with van der Waals surface area (Å²) in [5, 5.41) is 16.5. The summed E-state index contributed by atoms with van der Waals surface area (Å²) in [5.74, 6) is -0.672. The number of ether oxygens (including phenoxy) is 1. The number of pyridine rings is 1. The van der Waals surface area contributed by atoms with Crippen LogP contribution in [0.15, 0.2) is 30.5 Å². The summed E-state index contributed by atoms with van der Waals surface area (Å²) in [6.45, 7) is 0.372. The summed E-state index contributed by atoms with van der Waals surface area (Å²) in [4.78, 5) is 18.5. The van der Waals surface area contributed by atoms with Crippen LogP contribution in [0, 0.1) is 11.6 Å². The number of carbonyl (C=O) groups excluding carboxylic acids is 1. The third kappa shape index (κ3) is 3.83. The number of carbonyl (C=O) groups is 1. The first-order valence-electron chi connectivity index (χ1n) is 9.36. The Labute approximate surface area is 165 Å². The number of Topliss-reactive ketones (excluding diaryl/α,β-unsaturated/α-hetero) is 1. The fourth-order valence-corrected chi connectivity index (χ4v) is 3.69. The molecule has 0 saturated carbocycles. The molecule has 2 N–H and O–H groups in total. The van der Waals surface area contributed by atoms with Gasteiger partial charge < -0.3 is 14.7 Å². The smallest absolute Gasteiger partial charge is 0.190 e. The molecule has 1 fully saturated rings. The second-order valence-corrected chi connectivity index (χ2v) is 6.88. The maximum Gasteiger partial charge on any atom is 0.190 e. The van der Waals surface area contributed by atoms with Crippen LogP contribution in [0.3, 0.4) is 0 Å². The van der Waals surface area contributed by atoms with Gasteiger partial charge in [0.25, 0.3) is 0 Å². The van der Waals surface area contributed by atoms with Crippen LogP contribution in [0.4, 0.5) is 14.6 Å². The summed E-state index contributed by atoms with van der Waals surface area (Å²) in [5.41, 5.74) is 1.14. The molecule has 3 aromatic rings. The molecule has 152 valence electrons. The molecule has 0 radical (unpaired) electrons. The third-order valence-electron chi connectivity index (χ3n) is 5.03. The van der Waals surface area contributed by atoms with Gasteiger partial charge in [-0.15, -0.1) is 0 Å². The highest BCUT2D eigenvalue weighted by Crippen LogP contribution is 2.39. The zero-order valence-corrected chi connectivity index (χ0v) is 15.6. The molecule has 1 atom stereocenters. The fourth-order valence-electron chi connectivity index (χ4n) is 3.69. The quantitative estimate of drug-likeness (QED) is 0.467. The van der Waals surface area contributed by atoms with Crippen molar-refractivity contribution in [3.05, 3.63) is 53.2 Å². The molecule has 9 heteroatoms. The zero-order valence-electron chi connectivity index (χ0n) is 15.6. The van der Waals surface area contributed by atoms with Gasteiger partial charge in [0.15, 0.2) is 17.2 Å². The van der Waals surface area contributed by atoms with E-state index in [-0.39, 0.29) is 37.2 Å². The van der Waals surface area contributed by atoms with Gasteiger partial charge in [0, 0.05) is 23.9 Å². The van der Waals surface area contributed by atoms with E-state index in [0.717, 1.165) is 18.6 Å². The van der Waals surface area contributed by atoms with Crippen LogP contribution in [0.2, 0.25) is 0 Å². The number of anilines is 1. The Bertz CT molecular complexity index is 1040. The number of hydrogen-bond acceptors (Lipinski definition) is 6. The molecule has 1 saturated heterocycles. The lowest BCUT2D eigenvalue weighted by atomic mass is 10.0. The Morgan fingerprint density at radius 2 is 2.21 bits per heavy atom. The molecule has 1 aliphatic heterocycles. The minimum absolute atomic E-state index is 0.0764. The number of nitrogens with zero attached hydrogens (tertiary/aromatic N) is 3. The van der Waals surface area contributed by atoms with Crippen LogP contribution < -0.4 is 4.90 Å². The monoisotopic (exact) mass is 402 g/mol. The van der Waals surface area contributed by atoms with Gasteiger partial charge in [-0.2, -0.15) is 5.10 Å². The summed E-state index contributed by atoms with van der Waals surface area (Å²) in [6.07, 6.45) is 2.90. The number of fused-ring (bicyclic) bond motifs is 1. The zero-order chi connectivity index (χ0) is 20.4. The van der Waals surface area contributed by atoms with E-state index in [4.69, 9.17) is 9.84 Å². The van der Waals surface area contributed by atoms with Gasteiger partial charge >= 0.3 is 0 Å². The van der Waals surface area contributed by atoms with Crippen LogP contribution in [0.1, 0.15) is 34.8 Å². The summed E-state index contributed by atoms with van der Waals surface area (Å²) < 4.78 is 33.2. The second kappa shape index (κ2) is 8.22. The number of benzene rings is 1. The molecule has 0 spiro atoms. The number of aliphatic hydroxyl groups excluding tert-OH is 1. The molecule has 2 aromatic heterocycles. The van der Waals surface area contributed by atoms with Gasteiger partial charge in [-0.25, -0.2) is 13.8 Å². The van der Waals surface area contributed by atoms with Crippen LogP contribution in [-0.2, 0) is 4.74 Å². The van der Waals surface area contributed by atoms with E-state index in [9.17, 15) is 13.6 Å². The van der Waals surface area contributed by atoms with E-state index in [1.165, 1.54) is 12.3 Å². The Balaban J connectivity index is 1.67. The summed E-state index contributed by atoms with van der Waals surface area (Å²) in [7, 11) is 0. The SMILES string of the molecule is O=C(COCCO)c1cnc2[nH]nc(N3CCC[C@@H]3c3cc(F)ccc3F)c2c1. The number of nitrogens with one attached hydrogen (secondary N) is 1. The van der Waals surface area contributed by atoms with Crippen LogP contribution in [-0.4, -0.2) is 52.4 Å². The van der Waals surface area contributed by atoms with E-state index in [1.54, 1.807) is 6.07 Å². The van der Waals surface area contributed by atoms with Crippen molar-refractivity contribution in [1.82, 2.24) is 15.2 Å². The molecule has 7 nitrogen and oxygen atoms in total. The van der Waals surface area contributed by atoms with Crippen LogP contribution in [0.25, 0.3) is 11.0 Å². The Hall–Kier alpha value is -2.91. The van der Waals surface area contributed by atoms with Gasteiger partial charge in [-0.05, 0) is 37.1 Å². The maximum atomic E-state index is 14.4. The molecule has 0 amide bonds. The van der Waals surface area contributed by atoms with E-state index < -0.39 is 11.6 Å². The third-order valence-corrected chi connectivity index (χ3v) is 5.03.